The third-order valence-electron chi connectivity index (χ3n) is 4.00. The minimum absolute atomic E-state index is 0. The molecule has 0 atom stereocenters. The summed E-state index contributed by atoms with van der Waals surface area (Å²) in [4.78, 5) is 24.2. The van der Waals surface area contributed by atoms with Crippen molar-refractivity contribution in [3.05, 3.63) is 46.2 Å². The summed E-state index contributed by atoms with van der Waals surface area (Å²) in [6, 6.07) is 2.66. The van der Waals surface area contributed by atoms with Crippen LogP contribution in [0.1, 0.15) is 52.9 Å². The summed E-state index contributed by atoms with van der Waals surface area (Å²) in [6.07, 6.45) is 3.08. The molecule has 1 radical (unpaired) electrons. The summed E-state index contributed by atoms with van der Waals surface area (Å²) in [5.41, 5.74) is 1.42. The number of hydrogen-bond donors (Lipinski definition) is 0. The van der Waals surface area contributed by atoms with Gasteiger partial charge >= 0.3 is 0 Å². The van der Waals surface area contributed by atoms with Crippen LogP contribution in [0.15, 0.2) is 33.5 Å². The Morgan fingerprint density at radius 1 is 0.821 bits per heavy atom. The van der Waals surface area contributed by atoms with Crippen molar-refractivity contribution in [1.29, 1.82) is 0 Å². The van der Waals surface area contributed by atoms with Gasteiger partial charge in [-0.1, -0.05) is 41.5 Å². The summed E-state index contributed by atoms with van der Waals surface area (Å²) < 4.78 is 11.0. The molecule has 0 aliphatic carbocycles. The predicted molar refractivity (Wildman–Crippen MR) is 99.3 cm³/mol. The number of aromatic nitrogens is 3. The van der Waals surface area contributed by atoms with E-state index in [0.29, 0.717) is 0 Å². The van der Waals surface area contributed by atoms with Gasteiger partial charge in [-0.25, -0.2) is 15.0 Å². The molecule has 3 aromatic rings. The Labute approximate surface area is 173 Å². The third kappa shape index (κ3) is 4.48. The van der Waals surface area contributed by atoms with Crippen molar-refractivity contribution in [3.8, 4) is 23.2 Å². The maximum Gasteiger partial charge on any atom is 0.274 e. The van der Waals surface area contributed by atoms with E-state index >= 15 is 0 Å². The largest absolute Gasteiger partial charge is 0.443 e. The molecule has 3 rings (SSSR count). The first-order valence-corrected chi connectivity index (χ1v) is 8.54. The van der Waals surface area contributed by atoms with Gasteiger partial charge in [-0.3, -0.25) is 10.1 Å². The van der Waals surface area contributed by atoms with Crippen molar-refractivity contribution >= 4 is 5.69 Å². The number of nitrogens with zero attached hydrogens (tertiary/aromatic N) is 4. The minimum Gasteiger partial charge on any atom is -0.443 e. The first-order valence-electron chi connectivity index (χ1n) is 8.54. The molecule has 0 unspecified atom stereocenters. The Kier molecular flexibility index (Phi) is 5.81. The average Bonchev–Trinajstić information content (AvgIpc) is 3.23. The summed E-state index contributed by atoms with van der Waals surface area (Å²) in [6.45, 7) is 12.0. The molecule has 0 aromatic carbocycles. The van der Waals surface area contributed by atoms with Crippen LogP contribution >= 0.6 is 0 Å². The quantitative estimate of drug-likeness (QED) is 0.431. The molecule has 9 heteroatoms. The van der Waals surface area contributed by atoms with Crippen molar-refractivity contribution in [2.24, 2.45) is 0 Å². The van der Waals surface area contributed by atoms with Crippen LogP contribution in [0.5, 0.6) is 0 Å². The number of hydrogen-bond acceptors (Lipinski definition) is 7. The topological polar surface area (TPSA) is 108 Å². The Hall–Kier alpha value is -2.52. The van der Waals surface area contributed by atoms with Gasteiger partial charge < -0.3 is 8.83 Å². The van der Waals surface area contributed by atoms with Gasteiger partial charge in [0, 0.05) is 39.7 Å². The second-order valence-electron chi connectivity index (χ2n) is 8.43. The zero-order valence-electron chi connectivity index (χ0n) is 16.6. The van der Waals surface area contributed by atoms with Crippen molar-refractivity contribution in [1.82, 2.24) is 15.0 Å². The van der Waals surface area contributed by atoms with Crippen molar-refractivity contribution in [2.75, 3.05) is 0 Å². The zero-order valence-corrected chi connectivity index (χ0v) is 17.6. The average molecular weight is 429 g/mol. The van der Waals surface area contributed by atoms with Gasteiger partial charge in [0.15, 0.2) is 0 Å². The molecule has 3 aromatic heterocycles. The Morgan fingerprint density at radius 2 is 1.21 bits per heavy atom. The molecule has 0 spiro atoms. The summed E-state index contributed by atoms with van der Waals surface area (Å²) in [5, 5.41) is 11.4. The van der Waals surface area contributed by atoms with E-state index in [1.807, 2.05) is 41.5 Å². The molecule has 0 amide bonds. The van der Waals surface area contributed by atoms with E-state index in [-0.39, 0.29) is 56.5 Å². The van der Waals surface area contributed by atoms with E-state index in [4.69, 9.17) is 8.83 Å². The van der Waals surface area contributed by atoms with Crippen molar-refractivity contribution in [2.45, 2.75) is 52.4 Å². The van der Waals surface area contributed by atoms with Crippen LogP contribution in [0.25, 0.3) is 23.2 Å². The summed E-state index contributed by atoms with van der Waals surface area (Å²) in [7, 11) is 0. The predicted octanol–water partition coefficient (Wildman–Crippen LogP) is 4.89. The number of rotatable bonds is 3. The van der Waals surface area contributed by atoms with Crippen LogP contribution < -0.4 is 0 Å². The second-order valence-corrected chi connectivity index (χ2v) is 8.43. The van der Waals surface area contributed by atoms with Gasteiger partial charge in [0.05, 0.1) is 16.3 Å². The van der Waals surface area contributed by atoms with E-state index in [2.05, 4.69) is 15.0 Å². The zero-order chi connectivity index (χ0) is 20.0. The van der Waals surface area contributed by atoms with Gasteiger partial charge in [-0.2, -0.15) is 0 Å². The van der Waals surface area contributed by atoms with Crippen molar-refractivity contribution < 1.29 is 30.5 Å². The van der Waals surface area contributed by atoms with E-state index in [9.17, 15) is 10.1 Å². The van der Waals surface area contributed by atoms with Crippen LogP contribution in [0.2, 0.25) is 0 Å². The maximum atomic E-state index is 11.4. The first kappa shape index (κ1) is 21.8. The molecule has 28 heavy (non-hydrogen) atoms. The van der Waals surface area contributed by atoms with Gasteiger partial charge in [-0.05, 0) is 0 Å². The normalized spacial score (nSPS) is 11.9. The molecule has 0 aliphatic heterocycles. The summed E-state index contributed by atoms with van der Waals surface area (Å²) in [5.74, 6) is 0.431. The minimum atomic E-state index is -0.490. The van der Waals surface area contributed by atoms with E-state index in [0.717, 1.165) is 11.4 Å². The van der Waals surface area contributed by atoms with Crippen molar-refractivity contribution in [3.63, 3.8) is 0 Å². The smallest absolute Gasteiger partial charge is 0.274 e. The Bertz CT molecular complexity index is 926. The molecular formula is C19H22CoN4O4. The summed E-state index contributed by atoms with van der Waals surface area (Å²) >= 11 is 0. The SMILES string of the molecule is CC(C)(C)c1coc(-c2cc([N+](=O)[O-])cc(-c3nc(C(C)(C)C)co3)n2)n1.[Co]. The van der Waals surface area contributed by atoms with Gasteiger partial charge in [0.1, 0.15) is 23.9 Å². The number of nitro groups is 1. The Morgan fingerprint density at radius 3 is 1.50 bits per heavy atom. The standard InChI is InChI=1S/C19H22N4O4.Co/c1-18(2,3)14-9-26-16(21-14)12-7-11(23(24)25)8-13(20-12)17-22-15(10-27-17)19(4,5)6;/h7-10H,1-6H3;. The maximum absolute atomic E-state index is 11.4. The fourth-order valence-corrected chi connectivity index (χ4v) is 2.31. The van der Waals surface area contributed by atoms with Crippen LogP contribution in [-0.4, -0.2) is 19.9 Å². The monoisotopic (exact) mass is 429 g/mol. The molecule has 0 saturated heterocycles. The van der Waals surface area contributed by atoms with Gasteiger partial charge in [-0.15, -0.1) is 0 Å². The van der Waals surface area contributed by atoms with Gasteiger partial charge in [0.2, 0.25) is 11.8 Å². The molecule has 3 heterocycles. The number of oxazole rings is 2. The number of pyridine rings is 1. The van der Waals surface area contributed by atoms with Crippen LogP contribution in [0.3, 0.4) is 0 Å². The van der Waals surface area contributed by atoms with E-state index in [1.165, 1.54) is 12.1 Å². The molecule has 8 nitrogen and oxygen atoms in total. The van der Waals surface area contributed by atoms with E-state index in [1.54, 1.807) is 12.5 Å². The molecule has 0 aliphatic rings. The third-order valence-corrected chi connectivity index (χ3v) is 4.00. The molecule has 0 N–H and O–H groups in total. The molecule has 0 fully saturated rings. The molecule has 0 saturated carbocycles. The first-order chi connectivity index (χ1) is 12.4. The molecular weight excluding hydrogens is 407 g/mol. The van der Waals surface area contributed by atoms with Crippen LogP contribution in [-0.2, 0) is 27.6 Å². The molecule has 0 bridgehead atoms. The second kappa shape index (κ2) is 7.48. The molecule has 151 valence electrons. The fraction of sp³-hybridized carbons (Fsp3) is 0.421. The Balaban J connectivity index is 0.00000280. The fourth-order valence-electron chi connectivity index (χ4n) is 2.31. The van der Waals surface area contributed by atoms with Crippen LogP contribution in [0.4, 0.5) is 5.69 Å². The van der Waals surface area contributed by atoms with E-state index < -0.39 is 4.92 Å². The van der Waals surface area contributed by atoms with Crippen LogP contribution in [0, 0.1) is 10.1 Å². The van der Waals surface area contributed by atoms with Gasteiger partial charge in [0.25, 0.3) is 5.69 Å².